The monoisotopic (exact) mass is 226 g/mol. The largest absolute Gasteiger partial charge is 0.493 e. The molecule has 16 heavy (non-hydrogen) atoms. The van der Waals surface area contributed by atoms with E-state index < -0.39 is 6.10 Å². The number of hydrogen-bond donors (Lipinski definition) is 2. The Morgan fingerprint density at radius 1 is 1.19 bits per heavy atom. The van der Waals surface area contributed by atoms with Crippen LogP contribution in [0.2, 0.25) is 0 Å². The van der Waals surface area contributed by atoms with Gasteiger partial charge in [-0.25, -0.2) is 0 Å². The molecule has 1 rings (SSSR count). The van der Waals surface area contributed by atoms with E-state index in [0.29, 0.717) is 24.3 Å². The number of methoxy groups -OCH3 is 2. The van der Waals surface area contributed by atoms with Crippen LogP contribution in [0.1, 0.15) is 12.0 Å². The van der Waals surface area contributed by atoms with Gasteiger partial charge in [0.25, 0.3) is 0 Å². The van der Waals surface area contributed by atoms with Crippen LogP contribution in [0.5, 0.6) is 11.5 Å². The van der Waals surface area contributed by atoms with Crippen molar-refractivity contribution >= 4 is 0 Å². The number of benzene rings is 1. The Morgan fingerprint density at radius 3 is 2.44 bits per heavy atom. The lowest BCUT2D eigenvalue weighted by atomic mass is 10.1. The third kappa shape index (κ3) is 3.40. The average molecular weight is 226 g/mol. The van der Waals surface area contributed by atoms with E-state index in [9.17, 15) is 5.11 Å². The summed E-state index contributed by atoms with van der Waals surface area (Å²) in [6.45, 7) is -0.201. The maximum Gasteiger partial charge on any atom is 0.160 e. The number of ether oxygens (including phenoxy) is 2. The summed E-state index contributed by atoms with van der Waals surface area (Å²) < 4.78 is 10.3. The first kappa shape index (κ1) is 12.8. The highest BCUT2D eigenvalue weighted by Gasteiger charge is 2.06. The Hall–Kier alpha value is -1.26. The van der Waals surface area contributed by atoms with Crippen LogP contribution in [0.4, 0.5) is 0 Å². The molecule has 1 unspecified atom stereocenters. The SMILES string of the molecule is COc1ccc(CCC(O)CO)cc1OC. The molecule has 0 spiro atoms. The van der Waals surface area contributed by atoms with Gasteiger partial charge in [-0.2, -0.15) is 0 Å². The molecule has 0 aliphatic heterocycles. The van der Waals surface area contributed by atoms with Crippen molar-refractivity contribution in [3.05, 3.63) is 23.8 Å². The van der Waals surface area contributed by atoms with Crippen molar-refractivity contribution in [1.29, 1.82) is 0 Å². The van der Waals surface area contributed by atoms with Crippen LogP contribution in [-0.4, -0.2) is 37.1 Å². The van der Waals surface area contributed by atoms with Crippen LogP contribution in [0.25, 0.3) is 0 Å². The Balaban J connectivity index is 2.67. The number of rotatable bonds is 6. The summed E-state index contributed by atoms with van der Waals surface area (Å²) in [4.78, 5) is 0. The molecule has 0 fully saturated rings. The third-order valence-corrected chi connectivity index (χ3v) is 2.42. The van der Waals surface area contributed by atoms with Gasteiger partial charge in [-0.15, -0.1) is 0 Å². The zero-order valence-electron chi connectivity index (χ0n) is 9.64. The Labute approximate surface area is 95.4 Å². The normalized spacial score (nSPS) is 12.2. The Kier molecular flexibility index (Phi) is 5.08. The van der Waals surface area contributed by atoms with E-state index in [-0.39, 0.29) is 6.61 Å². The highest BCUT2D eigenvalue weighted by atomic mass is 16.5. The summed E-state index contributed by atoms with van der Waals surface area (Å²) >= 11 is 0. The summed E-state index contributed by atoms with van der Waals surface area (Å²) in [5.41, 5.74) is 1.05. The van der Waals surface area contributed by atoms with Crippen molar-refractivity contribution in [1.82, 2.24) is 0 Å². The van der Waals surface area contributed by atoms with Gasteiger partial charge in [-0.1, -0.05) is 6.07 Å². The number of aryl methyl sites for hydroxylation is 1. The molecule has 0 bridgehead atoms. The molecule has 0 aromatic heterocycles. The second-order valence-corrected chi connectivity index (χ2v) is 3.56. The molecular formula is C12H18O4. The van der Waals surface area contributed by atoms with Gasteiger partial charge in [0.15, 0.2) is 11.5 Å². The maximum absolute atomic E-state index is 9.24. The van der Waals surface area contributed by atoms with Gasteiger partial charge in [0.05, 0.1) is 26.9 Å². The fourth-order valence-electron chi connectivity index (χ4n) is 1.46. The van der Waals surface area contributed by atoms with Crippen LogP contribution < -0.4 is 9.47 Å². The lowest BCUT2D eigenvalue weighted by Gasteiger charge is -2.10. The summed E-state index contributed by atoms with van der Waals surface area (Å²) in [6, 6.07) is 5.63. The van der Waals surface area contributed by atoms with Gasteiger partial charge in [0.1, 0.15) is 0 Å². The Morgan fingerprint density at radius 2 is 1.88 bits per heavy atom. The highest BCUT2D eigenvalue weighted by Crippen LogP contribution is 2.28. The third-order valence-electron chi connectivity index (χ3n) is 2.42. The van der Waals surface area contributed by atoms with Crippen molar-refractivity contribution in [2.24, 2.45) is 0 Å². The molecular weight excluding hydrogens is 208 g/mol. The lowest BCUT2D eigenvalue weighted by Crippen LogP contribution is -2.12. The second-order valence-electron chi connectivity index (χ2n) is 3.56. The Bertz CT molecular complexity index is 325. The van der Waals surface area contributed by atoms with Gasteiger partial charge in [0, 0.05) is 0 Å². The molecule has 1 aromatic carbocycles. The standard InChI is InChI=1S/C12H18O4/c1-15-11-6-4-9(7-12(11)16-2)3-5-10(14)8-13/h4,6-7,10,13-14H,3,5,8H2,1-2H3. The van der Waals surface area contributed by atoms with E-state index in [1.165, 1.54) is 0 Å². The van der Waals surface area contributed by atoms with Crippen molar-refractivity contribution in [3.8, 4) is 11.5 Å². The second kappa shape index (κ2) is 6.35. The predicted octanol–water partition coefficient (Wildman–Crippen LogP) is 0.990. The zero-order chi connectivity index (χ0) is 12.0. The van der Waals surface area contributed by atoms with Gasteiger partial charge in [-0.05, 0) is 30.5 Å². The number of aliphatic hydroxyl groups excluding tert-OH is 2. The molecule has 0 radical (unpaired) electrons. The van der Waals surface area contributed by atoms with Crippen LogP contribution in [0.15, 0.2) is 18.2 Å². The van der Waals surface area contributed by atoms with Crippen LogP contribution >= 0.6 is 0 Å². The maximum atomic E-state index is 9.24. The minimum Gasteiger partial charge on any atom is -0.493 e. The van der Waals surface area contributed by atoms with Crippen LogP contribution in [0.3, 0.4) is 0 Å². The van der Waals surface area contributed by atoms with E-state index in [0.717, 1.165) is 5.56 Å². The summed E-state index contributed by atoms with van der Waals surface area (Å²) in [5, 5.41) is 17.9. The first-order chi connectivity index (χ1) is 7.71. The van der Waals surface area contributed by atoms with E-state index in [1.807, 2.05) is 18.2 Å². The predicted molar refractivity (Wildman–Crippen MR) is 61.0 cm³/mol. The molecule has 0 saturated carbocycles. The van der Waals surface area contributed by atoms with E-state index in [4.69, 9.17) is 14.6 Å². The molecule has 0 aliphatic carbocycles. The summed E-state index contributed by atoms with van der Waals surface area (Å²) in [7, 11) is 3.18. The molecule has 0 aliphatic rings. The van der Waals surface area contributed by atoms with Crippen molar-refractivity contribution in [2.45, 2.75) is 18.9 Å². The first-order valence-corrected chi connectivity index (χ1v) is 5.21. The van der Waals surface area contributed by atoms with E-state index in [1.54, 1.807) is 14.2 Å². The molecule has 1 aromatic rings. The van der Waals surface area contributed by atoms with Crippen LogP contribution in [-0.2, 0) is 6.42 Å². The zero-order valence-corrected chi connectivity index (χ0v) is 9.64. The molecule has 4 nitrogen and oxygen atoms in total. The van der Waals surface area contributed by atoms with Crippen molar-refractivity contribution < 1.29 is 19.7 Å². The molecule has 4 heteroatoms. The number of aliphatic hydroxyl groups is 2. The summed E-state index contributed by atoms with van der Waals surface area (Å²) in [5.74, 6) is 1.37. The van der Waals surface area contributed by atoms with Gasteiger partial charge in [-0.3, -0.25) is 0 Å². The fraction of sp³-hybridized carbons (Fsp3) is 0.500. The van der Waals surface area contributed by atoms with Gasteiger partial charge >= 0.3 is 0 Å². The lowest BCUT2D eigenvalue weighted by molar-refractivity contribution is 0.0885. The number of hydrogen-bond acceptors (Lipinski definition) is 4. The van der Waals surface area contributed by atoms with Crippen molar-refractivity contribution in [3.63, 3.8) is 0 Å². The molecule has 90 valence electrons. The molecule has 1 atom stereocenters. The topological polar surface area (TPSA) is 58.9 Å². The molecule has 2 N–H and O–H groups in total. The molecule has 0 saturated heterocycles. The van der Waals surface area contributed by atoms with Crippen LogP contribution in [0, 0.1) is 0 Å². The van der Waals surface area contributed by atoms with Crippen molar-refractivity contribution in [2.75, 3.05) is 20.8 Å². The quantitative estimate of drug-likeness (QED) is 0.759. The smallest absolute Gasteiger partial charge is 0.160 e. The fourth-order valence-corrected chi connectivity index (χ4v) is 1.46. The minimum atomic E-state index is -0.659. The van der Waals surface area contributed by atoms with E-state index >= 15 is 0 Å². The van der Waals surface area contributed by atoms with E-state index in [2.05, 4.69) is 0 Å². The summed E-state index contributed by atoms with van der Waals surface area (Å²) in [6.07, 6.45) is 0.571. The molecule has 0 heterocycles. The van der Waals surface area contributed by atoms with Gasteiger partial charge < -0.3 is 19.7 Å². The minimum absolute atomic E-state index is 0.201. The molecule has 0 amide bonds. The first-order valence-electron chi connectivity index (χ1n) is 5.21. The van der Waals surface area contributed by atoms with Gasteiger partial charge in [0.2, 0.25) is 0 Å². The highest BCUT2D eigenvalue weighted by molar-refractivity contribution is 5.42. The average Bonchev–Trinajstić information content (AvgIpc) is 2.35.